The number of halogens is 1. The van der Waals surface area contributed by atoms with Crippen molar-refractivity contribution in [1.82, 2.24) is 9.88 Å². The van der Waals surface area contributed by atoms with Crippen LogP contribution in [-0.4, -0.2) is 40.1 Å². The van der Waals surface area contributed by atoms with Crippen LogP contribution in [0.25, 0.3) is 10.9 Å². The highest BCUT2D eigenvalue weighted by atomic mass is 19.1. The monoisotopic (exact) mass is 278 g/mol. The number of fused-ring (bicyclic) bond motifs is 1. The van der Waals surface area contributed by atoms with E-state index in [4.69, 9.17) is 0 Å². The SMILES string of the molecule is CN(CC(C)(C)O)C(=O)Cc1c[nH]c2ccc(F)cc12. The Hall–Kier alpha value is -1.88. The number of carbonyl (C=O) groups excluding carboxylic acids is 1. The molecule has 1 heterocycles. The van der Waals surface area contributed by atoms with Gasteiger partial charge in [-0.3, -0.25) is 4.79 Å². The number of aromatic amines is 1. The lowest BCUT2D eigenvalue weighted by atomic mass is 10.1. The van der Waals surface area contributed by atoms with E-state index < -0.39 is 5.60 Å². The lowest BCUT2D eigenvalue weighted by Gasteiger charge is -2.25. The summed E-state index contributed by atoms with van der Waals surface area (Å²) in [6.45, 7) is 3.55. The van der Waals surface area contributed by atoms with Gasteiger partial charge in [-0.05, 0) is 37.6 Å². The van der Waals surface area contributed by atoms with Gasteiger partial charge in [0.25, 0.3) is 0 Å². The first kappa shape index (κ1) is 14.5. The largest absolute Gasteiger partial charge is 0.389 e. The highest BCUT2D eigenvalue weighted by molar-refractivity contribution is 5.88. The topological polar surface area (TPSA) is 56.3 Å². The molecule has 1 aromatic heterocycles. The summed E-state index contributed by atoms with van der Waals surface area (Å²) in [5, 5.41) is 10.4. The molecule has 0 atom stereocenters. The number of nitrogens with one attached hydrogen (secondary N) is 1. The van der Waals surface area contributed by atoms with Crippen molar-refractivity contribution < 1.29 is 14.3 Å². The molecule has 0 spiro atoms. The third kappa shape index (κ3) is 3.36. The summed E-state index contributed by atoms with van der Waals surface area (Å²) in [5.41, 5.74) is 0.628. The number of amides is 1. The Labute approximate surface area is 117 Å². The number of hydrogen-bond acceptors (Lipinski definition) is 2. The first-order chi connectivity index (χ1) is 9.26. The zero-order valence-corrected chi connectivity index (χ0v) is 11.9. The smallest absolute Gasteiger partial charge is 0.226 e. The molecular weight excluding hydrogens is 259 g/mol. The summed E-state index contributed by atoms with van der Waals surface area (Å²) in [7, 11) is 1.65. The number of nitrogens with zero attached hydrogens (tertiary/aromatic N) is 1. The predicted molar refractivity (Wildman–Crippen MR) is 75.9 cm³/mol. The van der Waals surface area contributed by atoms with Crippen LogP contribution in [0.2, 0.25) is 0 Å². The van der Waals surface area contributed by atoms with E-state index in [1.807, 2.05) is 0 Å². The molecule has 0 aliphatic carbocycles. The maximum atomic E-state index is 13.3. The Balaban J connectivity index is 2.16. The van der Waals surface area contributed by atoms with Crippen LogP contribution in [0.4, 0.5) is 4.39 Å². The van der Waals surface area contributed by atoms with Gasteiger partial charge in [0.2, 0.25) is 5.91 Å². The number of carbonyl (C=O) groups is 1. The van der Waals surface area contributed by atoms with Gasteiger partial charge in [-0.25, -0.2) is 4.39 Å². The highest BCUT2D eigenvalue weighted by Gasteiger charge is 2.20. The Morgan fingerprint density at radius 3 is 2.80 bits per heavy atom. The molecule has 0 unspecified atom stereocenters. The first-order valence-electron chi connectivity index (χ1n) is 6.48. The fraction of sp³-hybridized carbons (Fsp3) is 0.400. The van der Waals surface area contributed by atoms with E-state index in [2.05, 4.69) is 4.98 Å². The van der Waals surface area contributed by atoms with Crippen molar-refractivity contribution in [3.8, 4) is 0 Å². The van der Waals surface area contributed by atoms with Crippen LogP contribution in [0.1, 0.15) is 19.4 Å². The summed E-state index contributed by atoms with van der Waals surface area (Å²) in [4.78, 5) is 16.6. The van der Waals surface area contributed by atoms with Gasteiger partial charge >= 0.3 is 0 Å². The first-order valence-corrected chi connectivity index (χ1v) is 6.48. The molecule has 0 saturated carbocycles. The van der Waals surface area contributed by atoms with Crippen LogP contribution in [-0.2, 0) is 11.2 Å². The van der Waals surface area contributed by atoms with Crippen LogP contribution < -0.4 is 0 Å². The number of aromatic nitrogens is 1. The molecule has 1 aromatic carbocycles. The van der Waals surface area contributed by atoms with Crippen molar-refractivity contribution >= 4 is 16.8 Å². The minimum Gasteiger partial charge on any atom is -0.389 e. The zero-order valence-electron chi connectivity index (χ0n) is 11.9. The zero-order chi connectivity index (χ0) is 14.9. The summed E-state index contributed by atoms with van der Waals surface area (Å²) >= 11 is 0. The molecule has 5 heteroatoms. The van der Waals surface area contributed by atoms with E-state index >= 15 is 0 Å². The third-order valence-corrected chi connectivity index (χ3v) is 3.12. The van der Waals surface area contributed by atoms with E-state index in [1.165, 1.54) is 17.0 Å². The molecule has 1 amide bonds. The van der Waals surface area contributed by atoms with Crippen molar-refractivity contribution in [2.75, 3.05) is 13.6 Å². The van der Waals surface area contributed by atoms with Crippen LogP contribution in [0, 0.1) is 5.82 Å². The highest BCUT2D eigenvalue weighted by Crippen LogP contribution is 2.20. The normalized spacial score (nSPS) is 11.8. The average Bonchev–Trinajstić information content (AvgIpc) is 2.69. The van der Waals surface area contributed by atoms with Crippen LogP contribution >= 0.6 is 0 Å². The van der Waals surface area contributed by atoms with Crippen LogP contribution in [0.3, 0.4) is 0 Å². The molecule has 4 nitrogen and oxygen atoms in total. The number of benzene rings is 1. The van der Waals surface area contributed by atoms with Crippen LogP contribution in [0.5, 0.6) is 0 Å². The Bertz CT molecular complexity index is 628. The van der Waals surface area contributed by atoms with Crippen molar-refractivity contribution in [3.05, 3.63) is 35.8 Å². The van der Waals surface area contributed by atoms with Crippen molar-refractivity contribution in [2.45, 2.75) is 25.9 Å². The minimum absolute atomic E-state index is 0.114. The van der Waals surface area contributed by atoms with Crippen molar-refractivity contribution in [2.24, 2.45) is 0 Å². The predicted octanol–water partition coefficient (Wildman–Crippen LogP) is 2.08. The summed E-state index contributed by atoms with van der Waals surface area (Å²) < 4.78 is 13.3. The lowest BCUT2D eigenvalue weighted by Crippen LogP contribution is -2.40. The molecule has 0 radical (unpaired) electrons. The molecule has 0 aliphatic rings. The number of H-pyrrole nitrogens is 1. The van der Waals surface area contributed by atoms with Gasteiger partial charge < -0.3 is 15.0 Å². The molecule has 2 aromatic rings. The molecule has 0 fully saturated rings. The molecule has 108 valence electrons. The fourth-order valence-corrected chi connectivity index (χ4v) is 2.26. The Morgan fingerprint density at radius 2 is 2.15 bits per heavy atom. The average molecular weight is 278 g/mol. The van der Waals surface area contributed by atoms with Gasteiger partial charge in [0, 0.05) is 30.7 Å². The molecule has 0 saturated heterocycles. The van der Waals surface area contributed by atoms with E-state index in [0.29, 0.717) is 0 Å². The van der Waals surface area contributed by atoms with Crippen LogP contribution in [0.15, 0.2) is 24.4 Å². The molecular formula is C15H19FN2O2. The number of likely N-dealkylation sites (N-methyl/N-ethyl adjacent to an activating group) is 1. The van der Waals surface area contributed by atoms with E-state index in [-0.39, 0.29) is 24.7 Å². The second-order valence-electron chi connectivity index (χ2n) is 5.74. The quantitative estimate of drug-likeness (QED) is 0.899. The second kappa shape index (κ2) is 5.25. The number of hydrogen-bond donors (Lipinski definition) is 2. The standard InChI is InChI=1S/C15H19FN2O2/c1-15(2,20)9-18(3)14(19)6-10-8-17-13-5-4-11(16)7-12(10)13/h4-5,7-8,17,20H,6,9H2,1-3H3. The lowest BCUT2D eigenvalue weighted by molar-refractivity contribution is -0.131. The maximum absolute atomic E-state index is 13.3. The maximum Gasteiger partial charge on any atom is 0.226 e. The Morgan fingerprint density at radius 1 is 1.45 bits per heavy atom. The summed E-state index contributed by atoms with van der Waals surface area (Å²) in [5.74, 6) is -0.437. The number of rotatable bonds is 4. The molecule has 2 rings (SSSR count). The van der Waals surface area contributed by atoms with Gasteiger partial charge in [0.1, 0.15) is 5.82 Å². The van der Waals surface area contributed by atoms with Gasteiger partial charge in [-0.1, -0.05) is 0 Å². The third-order valence-electron chi connectivity index (χ3n) is 3.12. The Kier molecular flexibility index (Phi) is 3.81. The van der Waals surface area contributed by atoms with Crippen molar-refractivity contribution in [3.63, 3.8) is 0 Å². The minimum atomic E-state index is -0.934. The fourth-order valence-electron chi connectivity index (χ4n) is 2.26. The van der Waals surface area contributed by atoms with E-state index in [0.717, 1.165) is 16.5 Å². The van der Waals surface area contributed by atoms with E-state index in [1.54, 1.807) is 33.2 Å². The summed E-state index contributed by atoms with van der Waals surface area (Å²) in [6.07, 6.45) is 1.90. The van der Waals surface area contributed by atoms with Gasteiger partial charge in [-0.15, -0.1) is 0 Å². The molecule has 0 bridgehead atoms. The molecule has 2 N–H and O–H groups in total. The molecule has 20 heavy (non-hydrogen) atoms. The molecule has 0 aliphatic heterocycles. The van der Waals surface area contributed by atoms with Gasteiger partial charge in [-0.2, -0.15) is 0 Å². The second-order valence-corrected chi connectivity index (χ2v) is 5.74. The van der Waals surface area contributed by atoms with Gasteiger partial charge in [0.05, 0.1) is 12.0 Å². The van der Waals surface area contributed by atoms with Crippen molar-refractivity contribution in [1.29, 1.82) is 0 Å². The number of aliphatic hydroxyl groups is 1. The van der Waals surface area contributed by atoms with E-state index in [9.17, 15) is 14.3 Å². The summed E-state index contributed by atoms with van der Waals surface area (Å²) in [6, 6.07) is 4.45. The van der Waals surface area contributed by atoms with Gasteiger partial charge in [0.15, 0.2) is 0 Å².